The Hall–Kier alpha value is -0.225. The largest absolute Gasteiger partial charge is 0.446 e. The zero-order valence-electron chi connectivity index (χ0n) is 10.6. The summed E-state index contributed by atoms with van der Waals surface area (Å²) in [6.45, 7) is 7.80. The van der Waals surface area contributed by atoms with Crippen LogP contribution in [0.15, 0.2) is 6.07 Å². The van der Waals surface area contributed by atoms with E-state index < -0.39 is 6.92 Å². The van der Waals surface area contributed by atoms with Gasteiger partial charge in [0.15, 0.2) is 0 Å². The zero-order chi connectivity index (χ0) is 12.5. The number of anilines is 1. The zero-order valence-corrected chi connectivity index (χ0v) is 12.8. The summed E-state index contributed by atoms with van der Waals surface area (Å²) < 4.78 is 2.09. The van der Waals surface area contributed by atoms with Crippen molar-refractivity contribution in [3.05, 3.63) is 22.8 Å². The summed E-state index contributed by atoms with van der Waals surface area (Å²) in [4.78, 5) is 0. The highest BCUT2D eigenvalue weighted by Gasteiger charge is 2.19. The lowest BCUT2D eigenvalue weighted by molar-refractivity contribution is 0.593. The van der Waals surface area contributed by atoms with Crippen molar-refractivity contribution >= 4 is 40.9 Å². The molecule has 0 fully saturated rings. The smallest absolute Gasteiger partial charge is 0.321 e. The van der Waals surface area contributed by atoms with E-state index in [1.54, 1.807) is 0 Å². The summed E-state index contributed by atoms with van der Waals surface area (Å²) >= 11 is 2.28. The van der Waals surface area contributed by atoms with Crippen molar-refractivity contribution in [1.82, 2.24) is 0 Å². The first-order valence-electron chi connectivity index (χ1n) is 5.60. The molecule has 1 aromatic carbocycles. The number of halogens is 1. The van der Waals surface area contributed by atoms with Gasteiger partial charge in [-0.3, -0.25) is 0 Å². The topological polar surface area (TPSA) is 23.5 Å². The van der Waals surface area contributed by atoms with E-state index in [9.17, 15) is 5.02 Å². The highest BCUT2D eigenvalue weighted by Crippen LogP contribution is 2.27. The quantitative estimate of drug-likeness (QED) is 0.523. The van der Waals surface area contributed by atoms with E-state index in [1.165, 1.54) is 22.4 Å². The number of nitrogens with zero attached hydrogens (tertiary/aromatic N) is 1. The third kappa shape index (κ3) is 2.54. The third-order valence-electron chi connectivity index (χ3n) is 2.98. The highest BCUT2D eigenvalue weighted by molar-refractivity contribution is 14.1. The Bertz CT molecular complexity index is 391. The second-order valence-electron chi connectivity index (χ2n) is 4.25. The molecule has 0 unspecified atom stereocenters. The lowest BCUT2D eigenvalue weighted by atomic mass is 9.60. The fourth-order valence-corrected chi connectivity index (χ4v) is 3.16. The molecule has 88 valence electrons. The average molecular weight is 331 g/mol. The molecule has 0 spiro atoms. The molecule has 4 heteroatoms. The SMILES string of the molecule is CCc1cc(C)c(N(C)I)c(C)c1B(C)O. The molecule has 0 bridgehead atoms. The van der Waals surface area contributed by atoms with Gasteiger partial charge in [-0.05, 0) is 36.9 Å². The van der Waals surface area contributed by atoms with Gasteiger partial charge < -0.3 is 8.14 Å². The third-order valence-corrected chi connectivity index (χ3v) is 3.46. The standard InChI is InChI=1S/C12H19BINO/c1-6-10-7-8(2)12(15(5)14)9(3)11(10)13(4)16/h7,16H,6H2,1-5H3. The molecule has 1 N–H and O–H groups in total. The molecule has 16 heavy (non-hydrogen) atoms. The van der Waals surface area contributed by atoms with Crippen molar-refractivity contribution in [2.24, 2.45) is 0 Å². The van der Waals surface area contributed by atoms with Gasteiger partial charge in [-0.1, -0.05) is 25.4 Å². The maximum absolute atomic E-state index is 9.89. The van der Waals surface area contributed by atoms with Crippen LogP contribution in [-0.4, -0.2) is 19.0 Å². The van der Waals surface area contributed by atoms with Crippen LogP contribution in [0.25, 0.3) is 0 Å². The maximum atomic E-state index is 9.89. The van der Waals surface area contributed by atoms with E-state index in [2.05, 4.69) is 52.8 Å². The second-order valence-corrected chi connectivity index (χ2v) is 5.69. The van der Waals surface area contributed by atoms with Crippen molar-refractivity contribution in [3.63, 3.8) is 0 Å². The summed E-state index contributed by atoms with van der Waals surface area (Å²) in [5, 5.41) is 9.89. The van der Waals surface area contributed by atoms with Gasteiger partial charge >= 0.3 is 6.92 Å². The van der Waals surface area contributed by atoms with Gasteiger partial charge in [-0.25, -0.2) is 0 Å². The summed E-state index contributed by atoms with van der Waals surface area (Å²) in [5.41, 5.74) is 6.03. The van der Waals surface area contributed by atoms with Crippen LogP contribution < -0.4 is 8.58 Å². The van der Waals surface area contributed by atoms with Crippen molar-refractivity contribution in [1.29, 1.82) is 0 Å². The number of rotatable bonds is 3. The predicted octanol–water partition coefficient (Wildman–Crippen LogP) is 2.47. The number of hydrogen-bond donors (Lipinski definition) is 1. The van der Waals surface area contributed by atoms with Gasteiger partial charge in [0.05, 0.1) is 28.6 Å². The van der Waals surface area contributed by atoms with Crippen LogP contribution in [0, 0.1) is 13.8 Å². The molecule has 0 heterocycles. The van der Waals surface area contributed by atoms with E-state index in [0.29, 0.717) is 0 Å². The molecule has 0 saturated carbocycles. The minimum Gasteiger partial charge on any atom is -0.446 e. The molecule has 0 atom stereocenters. The van der Waals surface area contributed by atoms with Gasteiger partial charge in [-0.15, -0.1) is 0 Å². The van der Waals surface area contributed by atoms with E-state index in [0.717, 1.165) is 11.9 Å². The van der Waals surface area contributed by atoms with Crippen LogP contribution >= 0.6 is 22.9 Å². The molecule has 0 amide bonds. The van der Waals surface area contributed by atoms with Gasteiger partial charge in [0.25, 0.3) is 0 Å². The van der Waals surface area contributed by atoms with Gasteiger partial charge in [-0.2, -0.15) is 0 Å². The number of hydrogen-bond acceptors (Lipinski definition) is 2. The Kier molecular flexibility index (Phi) is 4.67. The normalized spacial score (nSPS) is 10.4. The molecule has 0 saturated heterocycles. The molecule has 0 aliphatic heterocycles. The van der Waals surface area contributed by atoms with Crippen molar-refractivity contribution < 1.29 is 5.02 Å². The van der Waals surface area contributed by atoms with Gasteiger partial charge in [0.2, 0.25) is 0 Å². The Labute approximate surface area is 113 Å². The molecular formula is C12H19BINO. The summed E-state index contributed by atoms with van der Waals surface area (Å²) in [6, 6.07) is 2.19. The van der Waals surface area contributed by atoms with Crippen LogP contribution in [0.1, 0.15) is 23.6 Å². The Balaban J connectivity index is 3.52. The molecule has 1 rings (SSSR count). The Morgan fingerprint density at radius 2 is 2.00 bits per heavy atom. The minimum absolute atomic E-state index is 0.398. The predicted molar refractivity (Wildman–Crippen MR) is 81.2 cm³/mol. The first-order valence-corrected chi connectivity index (χ1v) is 6.57. The summed E-state index contributed by atoms with van der Waals surface area (Å²) in [7, 11) is 2.04. The molecule has 0 aliphatic carbocycles. The number of aryl methyl sites for hydroxylation is 2. The maximum Gasteiger partial charge on any atom is 0.321 e. The van der Waals surface area contributed by atoms with E-state index in [4.69, 9.17) is 0 Å². The van der Waals surface area contributed by atoms with E-state index in [-0.39, 0.29) is 0 Å². The highest BCUT2D eigenvalue weighted by atomic mass is 127. The minimum atomic E-state index is -0.398. The molecule has 1 aromatic rings. The van der Waals surface area contributed by atoms with Crippen LogP contribution in [-0.2, 0) is 6.42 Å². The molecule has 2 nitrogen and oxygen atoms in total. The lowest BCUT2D eigenvalue weighted by Gasteiger charge is -2.22. The summed E-state index contributed by atoms with van der Waals surface area (Å²) in [5.74, 6) is 0. The van der Waals surface area contributed by atoms with Crippen LogP contribution in [0.2, 0.25) is 6.82 Å². The lowest BCUT2D eigenvalue weighted by Crippen LogP contribution is -2.33. The molecule has 0 aromatic heterocycles. The van der Waals surface area contributed by atoms with E-state index in [1.807, 2.05) is 13.9 Å². The van der Waals surface area contributed by atoms with Crippen molar-refractivity contribution in [3.8, 4) is 0 Å². The van der Waals surface area contributed by atoms with Crippen LogP contribution in [0.4, 0.5) is 5.69 Å². The molecular weight excluding hydrogens is 312 g/mol. The monoisotopic (exact) mass is 331 g/mol. The van der Waals surface area contributed by atoms with Gasteiger partial charge in [0, 0.05) is 7.05 Å². The van der Waals surface area contributed by atoms with Crippen molar-refractivity contribution in [2.75, 3.05) is 10.2 Å². The van der Waals surface area contributed by atoms with E-state index >= 15 is 0 Å². The van der Waals surface area contributed by atoms with Gasteiger partial charge in [0.1, 0.15) is 0 Å². The van der Waals surface area contributed by atoms with Crippen LogP contribution in [0.5, 0.6) is 0 Å². The van der Waals surface area contributed by atoms with Crippen molar-refractivity contribution in [2.45, 2.75) is 34.0 Å². The van der Waals surface area contributed by atoms with Crippen LogP contribution in [0.3, 0.4) is 0 Å². The first kappa shape index (κ1) is 13.8. The Morgan fingerprint density at radius 1 is 1.44 bits per heavy atom. The molecule has 0 radical (unpaired) electrons. The number of benzene rings is 1. The second kappa shape index (κ2) is 5.40. The fourth-order valence-electron chi connectivity index (χ4n) is 2.42. The molecule has 0 aliphatic rings. The summed E-state index contributed by atoms with van der Waals surface area (Å²) in [6.07, 6.45) is 0.965. The average Bonchev–Trinajstić information content (AvgIpc) is 2.14. The first-order chi connectivity index (χ1) is 7.40. The fraction of sp³-hybridized carbons (Fsp3) is 0.500. The Morgan fingerprint density at radius 3 is 2.38 bits per heavy atom.